The highest BCUT2D eigenvalue weighted by Gasteiger charge is 2.53. The Bertz CT molecular complexity index is 377. The van der Waals surface area contributed by atoms with E-state index in [1.807, 2.05) is 0 Å². The molecule has 0 rings (SSSR count). The molecule has 0 atom stereocenters. The maximum Gasteiger partial charge on any atom is 0.342 e. The smallest absolute Gasteiger partial charge is 0.342 e. The van der Waals surface area contributed by atoms with E-state index in [1.54, 1.807) is 0 Å². The van der Waals surface area contributed by atoms with Crippen LogP contribution in [-0.2, 0) is 18.9 Å². The Hall–Kier alpha value is -1.44. The number of carboxylic acid groups (broad SMARTS) is 3. The van der Waals surface area contributed by atoms with Gasteiger partial charge >= 0.3 is 25.5 Å². The van der Waals surface area contributed by atoms with Crippen molar-refractivity contribution in [3.8, 4) is 0 Å². The summed E-state index contributed by atoms with van der Waals surface area (Å²) in [5, 5.41) is 23.1. The summed E-state index contributed by atoms with van der Waals surface area (Å²) in [6, 6.07) is 0. The van der Waals surface area contributed by atoms with Crippen molar-refractivity contribution in [1.29, 1.82) is 0 Å². The molecule has 0 aromatic carbocycles. The standard InChI is InChI=1S/C8H13O9P/c9-5(10)1-3-8(7(13)14,18(15,16)17)4-2-6(11)12/h1-4H2,(H,9,10)(H,11,12)(H,13,14)(H2,15,16,17). The number of hydrogen-bond donors (Lipinski definition) is 5. The second kappa shape index (κ2) is 5.94. The van der Waals surface area contributed by atoms with Crippen molar-refractivity contribution in [1.82, 2.24) is 0 Å². The van der Waals surface area contributed by atoms with E-state index >= 15 is 0 Å². The van der Waals surface area contributed by atoms with Crippen LogP contribution in [0.3, 0.4) is 0 Å². The predicted molar refractivity (Wildman–Crippen MR) is 56.2 cm³/mol. The summed E-state index contributed by atoms with van der Waals surface area (Å²) in [5.74, 6) is -4.76. The summed E-state index contributed by atoms with van der Waals surface area (Å²) < 4.78 is 11.2. The molecule has 0 saturated carbocycles. The summed E-state index contributed by atoms with van der Waals surface area (Å²) in [7, 11) is -5.20. The van der Waals surface area contributed by atoms with Gasteiger partial charge in [-0.05, 0) is 12.8 Å². The molecule has 0 unspecified atom stereocenters. The molecule has 0 aliphatic rings. The van der Waals surface area contributed by atoms with Gasteiger partial charge < -0.3 is 25.1 Å². The molecule has 0 fully saturated rings. The van der Waals surface area contributed by atoms with Gasteiger partial charge in [-0.25, -0.2) is 0 Å². The van der Waals surface area contributed by atoms with Gasteiger partial charge in [0, 0.05) is 12.8 Å². The lowest BCUT2D eigenvalue weighted by Gasteiger charge is -2.29. The average Bonchev–Trinajstić information content (AvgIpc) is 2.14. The maximum absolute atomic E-state index is 11.2. The van der Waals surface area contributed by atoms with Gasteiger partial charge in [-0.15, -0.1) is 0 Å². The van der Waals surface area contributed by atoms with Crippen molar-refractivity contribution in [2.45, 2.75) is 30.8 Å². The van der Waals surface area contributed by atoms with Crippen LogP contribution < -0.4 is 0 Å². The Morgan fingerprint density at radius 3 is 1.39 bits per heavy atom. The van der Waals surface area contributed by atoms with Crippen LogP contribution in [0.15, 0.2) is 0 Å². The third-order valence-electron chi connectivity index (χ3n) is 2.46. The molecule has 0 spiro atoms. The Balaban J connectivity index is 5.30. The Morgan fingerprint density at radius 2 is 1.22 bits per heavy atom. The minimum Gasteiger partial charge on any atom is -0.481 e. The second-order valence-electron chi connectivity index (χ2n) is 3.67. The van der Waals surface area contributed by atoms with Crippen molar-refractivity contribution in [2.24, 2.45) is 0 Å². The van der Waals surface area contributed by atoms with Crippen molar-refractivity contribution < 1.29 is 44.1 Å². The third-order valence-corrected chi connectivity index (χ3v) is 4.21. The largest absolute Gasteiger partial charge is 0.481 e. The van der Waals surface area contributed by atoms with E-state index in [4.69, 9.17) is 25.1 Å². The third kappa shape index (κ3) is 4.10. The Morgan fingerprint density at radius 1 is 0.889 bits per heavy atom. The molecule has 0 radical (unpaired) electrons. The van der Waals surface area contributed by atoms with Gasteiger partial charge in [-0.2, -0.15) is 0 Å². The van der Waals surface area contributed by atoms with E-state index in [1.165, 1.54) is 0 Å². The number of carbonyl (C=O) groups is 3. The van der Waals surface area contributed by atoms with Crippen molar-refractivity contribution in [3.05, 3.63) is 0 Å². The maximum atomic E-state index is 11.2. The number of carboxylic acids is 3. The van der Waals surface area contributed by atoms with E-state index in [9.17, 15) is 18.9 Å². The zero-order valence-electron chi connectivity index (χ0n) is 9.14. The van der Waals surface area contributed by atoms with Crippen LogP contribution in [0, 0.1) is 0 Å². The monoisotopic (exact) mass is 284 g/mol. The van der Waals surface area contributed by atoms with Gasteiger partial charge in [0.2, 0.25) is 0 Å². The summed E-state index contributed by atoms with van der Waals surface area (Å²) in [6.07, 6.45) is -3.24. The average molecular weight is 284 g/mol. The van der Waals surface area contributed by atoms with Crippen molar-refractivity contribution in [3.63, 3.8) is 0 Å². The molecule has 0 heterocycles. The Labute approximate surface area is 101 Å². The van der Waals surface area contributed by atoms with E-state index < -0.39 is 56.3 Å². The molecule has 0 aliphatic heterocycles. The van der Waals surface area contributed by atoms with E-state index in [0.717, 1.165) is 0 Å². The summed E-state index contributed by atoms with van der Waals surface area (Å²) in [4.78, 5) is 49.9. The number of rotatable bonds is 8. The molecule has 5 N–H and O–H groups in total. The topological polar surface area (TPSA) is 169 Å². The first-order valence-corrected chi connectivity index (χ1v) is 6.37. The molecule has 9 nitrogen and oxygen atoms in total. The Kier molecular flexibility index (Phi) is 5.47. The molecular weight excluding hydrogens is 271 g/mol. The number of hydrogen-bond acceptors (Lipinski definition) is 4. The lowest BCUT2D eigenvalue weighted by Crippen LogP contribution is -2.39. The van der Waals surface area contributed by atoms with Gasteiger partial charge in [-0.3, -0.25) is 18.9 Å². The molecule has 0 bridgehead atoms. The highest BCUT2D eigenvalue weighted by atomic mass is 31.2. The van der Waals surface area contributed by atoms with Crippen LogP contribution >= 0.6 is 7.60 Å². The first kappa shape index (κ1) is 16.6. The van der Waals surface area contributed by atoms with Gasteiger partial charge in [-0.1, -0.05) is 0 Å². The van der Waals surface area contributed by atoms with Gasteiger partial charge in [0.15, 0.2) is 5.16 Å². The predicted octanol–water partition coefficient (Wildman–Crippen LogP) is -0.283. The minimum atomic E-state index is -5.20. The number of aliphatic carboxylic acids is 3. The fourth-order valence-corrected chi connectivity index (χ4v) is 2.44. The van der Waals surface area contributed by atoms with E-state index in [0.29, 0.717) is 0 Å². The SMILES string of the molecule is O=C(O)CCC(CCC(=O)O)(C(=O)O)P(=O)(O)O. The second-order valence-corrected chi connectivity index (χ2v) is 5.61. The van der Waals surface area contributed by atoms with Crippen LogP contribution in [0.25, 0.3) is 0 Å². The van der Waals surface area contributed by atoms with E-state index in [-0.39, 0.29) is 0 Å². The zero-order chi connectivity index (χ0) is 14.6. The van der Waals surface area contributed by atoms with Crippen LogP contribution in [0.5, 0.6) is 0 Å². The highest BCUT2D eigenvalue weighted by Crippen LogP contribution is 2.55. The summed E-state index contributed by atoms with van der Waals surface area (Å²) >= 11 is 0. The summed E-state index contributed by atoms with van der Waals surface area (Å²) in [5.41, 5.74) is 0. The lowest BCUT2D eigenvalue weighted by molar-refractivity contribution is -0.142. The lowest BCUT2D eigenvalue weighted by atomic mass is 9.96. The van der Waals surface area contributed by atoms with Crippen LogP contribution in [0.2, 0.25) is 0 Å². The first-order chi connectivity index (χ1) is 8.03. The molecule has 0 aromatic heterocycles. The quantitative estimate of drug-likeness (QED) is 0.376. The normalized spacial score (nSPS) is 12.1. The molecular formula is C8H13O9P. The van der Waals surface area contributed by atoms with Crippen LogP contribution in [0.1, 0.15) is 25.7 Å². The van der Waals surface area contributed by atoms with Crippen LogP contribution in [0.4, 0.5) is 0 Å². The fourth-order valence-electron chi connectivity index (χ4n) is 1.38. The fraction of sp³-hybridized carbons (Fsp3) is 0.625. The van der Waals surface area contributed by atoms with Gasteiger partial charge in [0.25, 0.3) is 0 Å². The first-order valence-electron chi connectivity index (χ1n) is 4.75. The van der Waals surface area contributed by atoms with Crippen molar-refractivity contribution in [2.75, 3.05) is 0 Å². The minimum absolute atomic E-state index is 0.781. The highest BCUT2D eigenvalue weighted by molar-refractivity contribution is 7.54. The van der Waals surface area contributed by atoms with E-state index in [2.05, 4.69) is 0 Å². The molecule has 0 saturated heterocycles. The molecule has 18 heavy (non-hydrogen) atoms. The van der Waals surface area contributed by atoms with Crippen molar-refractivity contribution >= 4 is 25.5 Å². The van der Waals surface area contributed by atoms with Crippen LogP contribution in [-0.4, -0.2) is 48.2 Å². The molecule has 0 aliphatic carbocycles. The molecule has 0 aromatic rings. The molecule has 0 amide bonds. The van der Waals surface area contributed by atoms with Gasteiger partial charge in [0.05, 0.1) is 0 Å². The molecule has 10 heteroatoms. The van der Waals surface area contributed by atoms with Gasteiger partial charge in [0.1, 0.15) is 0 Å². The zero-order valence-corrected chi connectivity index (χ0v) is 10.0. The summed E-state index contributed by atoms with van der Waals surface area (Å²) in [6.45, 7) is 0. The molecule has 104 valence electrons.